The fourth-order valence-corrected chi connectivity index (χ4v) is 2.12. The molecule has 1 atom stereocenters. The Morgan fingerprint density at radius 2 is 1.95 bits per heavy atom. The Hall–Kier alpha value is -2.36. The van der Waals surface area contributed by atoms with Crippen LogP contribution in [0.2, 0.25) is 0 Å². The Kier molecular flexibility index (Phi) is 3.80. The molecule has 2 rings (SSSR count). The summed E-state index contributed by atoms with van der Waals surface area (Å²) in [4.78, 5) is 23.1. The lowest BCUT2D eigenvalue weighted by atomic mass is 9.98. The molecule has 4 nitrogen and oxygen atoms in total. The van der Waals surface area contributed by atoms with Crippen molar-refractivity contribution in [1.82, 2.24) is 10.6 Å². The predicted octanol–water partition coefficient (Wildman–Crippen LogP) is 2.24. The van der Waals surface area contributed by atoms with Gasteiger partial charge in [0.15, 0.2) is 5.78 Å². The number of carbonyl (C=O) groups excluding carboxylic acids is 2. The maximum atomic E-state index is 11.7. The molecule has 4 heteroatoms. The number of Topliss-reactive ketones (excluding diaryl/α,β-unsaturated/α-hetero) is 1. The van der Waals surface area contributed by atoms with Gasteiger partial charge < -0.3 is 10.6 Å². The summed E-state index contributed by atoms with van der Waals surface area (Å²) in [6.07, 6.45) is 3.72. The molecule has 1 aliphatic heterocycles. The number of amides is 2. The molecule has 1 aliphatic rings. The minimum absolute atomic E-state index is 0.0484. The van der Waals surface area contributed by atoms with Crippen LogP contribution in [0.25, 0.3) is 6.08 Å². The lowest BCUT2D eigenvalue weighted by Crippen LogP contribution is -2.48. The number of urea groups is 1. The Morgan fingerprint density at radius 1 is 1.26 bits per heavy atom. The van der Waals surface area contributed by atoms with Crippen LogP contribution in [0.5, 0.6) is 0 Å². The molecule has 1 aromatic rings. The third-order valence-electron chi connectivity index (χ3n) is 2.96. The first kappa shape index (κ1) is 13.1. The van der Waals surface area contributed by atoms with Gasteiger partial charge in [0.05, 0.1) is 6.04 Å². The molecule has 1 aromatic carbocycles. The van der Waals surface area contributed by atoms with Gasteiger partial charge in [-0.3, -0.25) is 4.79 Å². The van der Waals surface area contributed by atoms with Gasteiger partial charge in [0, 0.05) is 11.3 Å². The molecule has 0 aromatic heterocycles. The van der Waals surface area contributed by atoms with E-state index in [4.69, 9.17) is 0 Å². The van der Waals surface area contributed by atoms with Crippen molar-refractivity contribution in [3.8, 4) is 0 Å². The predicted molar refractivity (Wildman–Crippen MR) is 74.3 cm³/mol. The Morgan fingerprint density at radius 3 is 2.58 bits per heavy atom. The minimum Gasteiger partial charge on any atom is -0.327 e. The van der Waals surface area contributed by atoms with Crippen molar-refractivity contribution in [2.75, 3.05) is 0 Å². The molecule has 1 heterocycles. The molecular weight excluding hydrogens is 240 g/mol. The van der Waals surface area contributed by atoms with Gasteiger partial charge in [-0.2, -0.15) is 0 Å². The van der Waals surface area contributed by atoms with E-state index < -0.39 is 0 Å². The molecule has 2 amide bonds. The number of carbonyl (C=O) groups is 2. The average Bonchev–Trinajstić information content (AvgIpc) is 2.36. The van der Waals surface area contributed by atoms with Gasteiger partial charge in [0.25, 0.3) is 0 Å². The maximum Gasteiger partial charge on any atom is 0.319 e. The molecular formula is C15H16N2O2. The Labute approximate surface area is 112 Å². The fourth-order valence-electron chi connectivity index (χ4n) is 2.12. The standard InChI is InChI=1S/C15H16N2O2/c1-10-14(11(2)18)13(17-15(19)16-10)9-8-12-6-4-3-5-7-12/h3-9,13H,1-2H3,(H2,16,17,19)/b9-8-/t13-/m1/s1. The van der Waals surface area contributed by atoms with E-state index in [1.807, 2.05) is 42.5 Å². The summed E-state index contributed by atoms with van der Waals surface area (Å²) in [5.41, 5.74) is 2.22. The van der Waals surface area contributed by atoms with E-state index >= 15 is 0 Å². The van der Waals surface area contributed by atoms with Crippen LogP contribution in [0.3, 0.4) is 0 Å². The lowest BCUT2D eigenvalue weighted by Gasteiger charge is -2.25. The van der Waals surface area contributed by atoms with Crippen LogP contribution in [0.15, 0.2) is 47.7 Å². The van der Waals surface area contributed by atoms with Crippen LogP contribution in [0, 0.1) is 0 Å². The molecule has 19 heavy (non-hydrogen) atoms. The first-order valence-electron chi connectivity index (χ1n) is 6.10. The van der Waals surface area contributed by atoms with Crippen LogP contribution in [-0.4, -0.2) is 17.9 Å². The molecule has 0 aliphatic carbocycles. The molecule has 98 valence electrons. The van der Waals surface area contributed by atoms with Gasteiger partial charge in [-0.15, -0.1) is 0 Å². The van der Waals surface area contributed by atoms with Crippen molar-refractivity contribution in [2.45, 2.75) is 19.9 Å². The quantitative estimate of drug-likeness (QED) is 0.871. The Bertz CT molecular complexity index is 559. The second kappa shape index (κ2) is 5.52. The molecule has 0 bridgehead atoms. The van der Waals surface area contributed by atoms with E-state index in [0.717, 1.165) is 5.56 Å². The average molecular weight is 256 g/mol. The van der Waals surface area contributed by atoms with Crippen molar-refractivity contribution < 1.29 is 9.59 Å². The molecule has 0 radical (unpaired) electrons. The number of hydrogen-bond donors (Lipinski definition) is 2. The van der Waals surface area contributed by atoms with Gasteiger partial charge in [-0.25, -0.2) is 4.79 Å². The molecule has 0 spiro atoms. The number of nitrogens with one attached hydrogen (secondary N) is 2. The van der Waals surface area contributed by atoms with E-state index in [1.54, 1.807) is 6.92 Å². The molecule has 2 N–H and O–H groups in total. The highest BCUT2D eigenvalue weighted by molar-refractivity contribution is 5.98. The smallest absolute Gasteiger partial charge is 0.319 e. The number of hydrogen-bond acceptors (Lipinski definition) is 2. The van der Waals surface area contributed by atoms with E-state index in [2.05, 4.69) is 10.6 Å². The van der Waals surface area contributed by atoms with Gasteiger partial charge in [-0.05, 0) is 19.4 Å². The highest BCUT2D eigenvalue weighted by Gasteiger charge is 2.25. The van der Waals surface area contributed by atoms with E-state index in [9.17, 15) is 9.59 Å². The van der Waals surface area contributed by atoms with Gasteiger partial charge >= 0.3 is 6.03 Å². The minimum atomic E-state index is -0.383. The second-order valence-corrected chi connectivity index (χ2v) is 4.44. The summed E-state index contributed by atoms with van der Waals surface area (Å²) in [7, 11) is 0. The third kappa shape index (κ3) is 3.10. The second-order valence-electron chi connectivity index (χ2n) is 4.44. The van der Waals surface area contributed by atoms with Gasteiger partial charge in [0.2, 0.25) is 0 Å². The first-order valence-corrected chi connectivity index (χ1v) is 6.10. The Balaban J connectivity index is 2.27. The highest BCUT2D eigenvalue weighted by Crippen LogP contribution is 2.15. The van der Waals surface area contributed by atoms with Crippen LogP contribution >= 0.6 is 0 Å². The van der Waals surface area contributed by atoms with Crippen LogP contribution in [0.1, 0.15) is 19.4 Å². The number of benzene rings is 1. The highest BCUT2D eigenvalue weighted by atomic mass is 16.2. The summed E-state index contributed by atoms with van der Waals surface area (Å²) in [6, 6.07) is 9.07. The SMILES string of the molecule is CC(=O)C1=C(C)NC(=O)N[C@@H]1/C=C\c1ccccc1. The first-order chi connectivity index (χ1) is 9.08. The van der Waals surface area contributed by atoms with Crippen LogP contribution in [-0.2, 0) is 4.79 Å². The molecule has 0 fully saturated rings. The number of rotatable bonds is 3. The summed E-state index contributed by atoms with van der Waals surface area (Å²) >= 11 is 0. The summed E-state index contributed by atoms with van der Waals surface area (Å²) in [5, 5.41) is 5.35. The normalized spacial score (nSPS) is 19.3. The summed E-state index contributed by atoms with van der Waals surface area (Å²) in [5.74, 6) is -0.0484. The largest absolute Gasteiger partial charge is 0.327 e. The van der Waals surface area contributed by atoms with Gasteiger partial charge in [0.1, 0.15) is 0 Å². The maximum absolute atomic E-state index is 11.7. The van der Waals surface area contributed by atoms with Crippen molar-refractivity contribution >= 4 is 17.9 Å². The van der Waals surface area contributed by atoms with E-state index in [1.165, 1.54) is 6.92 Å². The van der Waals surface area contributed by atoms with E-state index in [0.29, 0.717) is 11.3 Å². The molecule has 0 saturated heterocycles. The van der Waals surface area contributed by atoms with Crippen molar-refractivity contribution in [3.05, 3.63) is 53.2 Å². The summed E-state index contributed by atoms with van der Waals surface area (Å²) < 4.78 is 0. The van der Waals surface area contributed by atoms with Crippen molar-refractivity contribution in [3.63, 3.8) is 0 Å². The van der Waals surface area contributed by atoms with Crippen LogP contribution < -0.4 is 10.6 Å². The molecule has 0 saturated carbocycles. The van der Waals surface area contributed by atoms with Crippen molar-refractivity contribution in [1.29, 1.82) is 0 Å². The zero-order valence-corrected chi connectivity index (χ0v) is 10.9. The van der Waals surface area contributed by atoms with E-state index in [-0.39, 0.29) is 17.9 Å². The zero-order valence-electron chi connectivity index (χ0n) is 10.9. The monoisotopic (exact) mass is 256 g/mol. The van der Waals surface area contributed by atoms with Gasteiger partial charge in [-0.1, -0.05) is 42.5 Å². The number of ketones is 1. The van der Waals surface area contributed by atoms with Crippen LogP contribution in [0.4, 0.5) is 4.79 Å². The zero-order chi connectivity index (χ0) is 13.8. The third-order valence-corrected chi connectivity index (χ3v) is 2.96. The fraction of sp³-hybridized carbons (Fsp3) is 0.200. The topological polar surface area (TPSA) is 58.2 Å². The summed E-state index contributed by atoms with van der Waals surface area (Å²) in [6.45, 7) is 3.24. The van der Waals surface area contributed by atoms with Crippen molar-refractivity contribution in [2.24, 2.45) is 0 Å². The lowest BCUT2D eigenvalue weighted by molar-refractivity contribution is -0.113. The molecule has 0 unspecified atom stereocenters. The number of allylic oxidation sites excluding steroid dienone is 1.